The number of sulfonamides is 1. The van der Waals surface area contributed by atoms with Crippen molar-refractivity contribution in [1.29, 1.82) is 0 Å². The van der Waals surface area contributed by atoms with E-state index in [4.69, 9.17) is 4.74 Å². The number of nitrogens with one attached hydrogen (secondary N) is 1. The topological polar surface area (TPSA) is 55.4 Å². The minimum atomic E-state index is -4.48. The molecule has 1 aliphatic heterocycles. The maximum atomic E-state index is 12.4. The van der Waals surface area contributed by atoms with Gasteiger partial charge < -0.3 is 4.74 Å². The Morgan fingerprint density at radius 3 is 2.43 bits per heavy atom. The van der Waals surface area contributed by atoms with Crippen LogP contribution >= 0.6 is 0 Å². The first-order valence-corrected chi connectivity index (χ1v) is 8.06. The maximum absolute atomic E-state index is 12.4. The Hall–Kier alpha value is -1.12. The molecule has 118 valence electrons. The monoisotopic (exact) mass is 323 g/mol. The Kier molecular flexibility index (Phi) is 4.90. The summed E-state index contributed by atoms with van der Waals surface area (Å²) in [5.41, 5.74) is -0.874. The fourth-order valence-corrected chi connectivity index (χ4v) is 3.18. The summed E-state index contributed by atoms with van der Waals surface area (Å²) in [4.78, 5) is -0.178. The molecule has 21 heavy (non-hydrogen) atoms. The van der Waals surface area contributed by atoms with Crippen LogP contribution in [0.4, 0.5) is 13.2 Å². The highest BCUT2D eigenvalue weighted by Gasteiger charge is 2.30. The molecule has 1 fully saturated rings. The van der Waals surface area contributed by atoms with E-state index in [1.165, 1.54) is 0 Å². The number of hydrogen-bond donors (Lipinski definition) is 1. The number of halogens is 3. The zero-order valence-electron chi connectivity index (χ0n) is 11.2. The fraction of sp³-hybridized carbons (Fsp3) is 0.538. The van der Waals surface area contributed by atoms with Crippen molar-refractivity contribution in [2.75, 3.05) is 13.2 Å². The zero-order valence-corrected chi connectivity index (χ0v) is 12.0. The van der Waals surface area contributed by atoms with E-state index in [0.717, 1.165) is 37.1 Å². The summed E-state index contributed by atoms with van der Waals surface area (Å²) in [6.45, 7) is 0.893. The molecule has 0 amide bonds. The van der Waals surface area contributed by atoms with Crippen LogP contribution in [0.15, 0.2) is 29.2 Å². The van der Waals surface area contributed by atoms with Gasteiger partial charge in [0.2, 0.25) is 10.0 Å². The first kappa shape index (κ1) is 16.3. The third-order valence-electron chi connectivity index (χ3n) is 3.27. The summed E-state index contributed by atoms with van der Waals surface area (Å²) in [6.07, 6.45) is -1.99. The van der Waals surface area contributed by atoms with Gasteiger partial charge in [-0.15, -0.1) is 0 Å². The molecule has 1 saturated heterocycles. The highest BCUT2D eigenvalue weighted by atomic mass is 32.2. The molecule has 1 aliphatic rings. The summed E-state index contributed by atoms with van der Waals surface area (Å²) >= 11 is 0. The molecule has 0 aromatic heterocycles. The van der Waals surface area contributed by atoms with Crippen molar-refractivity contribution in [3.05, 3.63) is 29.8 Å². The van der Waals surface area contributed by atoms with Gasteiger partial charge >= 0.3 is 6.18 Å². The van der Waals surface area contributed by atoms with Crippen molar-refractivity contribution < 1.29 is 26.3 Å². The molecule has 1 aromatic rings. The second kappa shape index (κ2) is 6.33. The van der Waals surface area contributed by atoms with E-state index in [2.05, 4.69) is 4.72 Å². The van der Waals surface area contributed by atoms with Crippen molar-refractivity contribution >= 4 is 10.0 Å². The predicted octanol–water partition coefficient (Wildman–Crippen LogP) is 2.55. The molecular weight excluding hydrogens is 307 g/mol. The van der Waals surface area contributed by atoms with E-state index in [1.54, 1.807) is 0 Å². The second-order valence-electron chi connectivity index (χ2n) is 4.84. The van der Waals surface area contributed by atoms with Gasteiger partial charge in [0.15, 0.2) is 0 Å². The van der Waals surface area contributed by atoms with Crippen LogP contribution in [-0.4, -0.2) is 27.7 Å². The third kappa shape index (κ3) is 4.42. The maximum Gasteiger partial charge on any atom is 0.416 e. The summed E-state index contributed by atoms with van der Waals surface area (Å²) in [5, 5.41) is 0. The van der Waals surface area contributed by atoms with Gasteiger partial charge in [-0.05, 0) is 43.5 Å². The minimum absolute atomic E-state index is 0.0558. The Labute approximate surface area is 121 Å². The number of hydrogen-bond acceptors (Lipinski definition) is 3. The first-order valence-electron chi connectivity index (χ1n) is 6.57. The average molecular weight is 323 g/mol. The number of rotatable bonds is 5. The third-order valence-corrected chi connectivity index (χ3v) is 4.75. The minimum Gasteiger partial charge on any atom is -0.378 e. The Balaban J connectivity index is 1.95. The van der Waals surface area contributed by atoms with Crippen LogP contribution in [0.25, 0.3) is 0 Å². The SMILES string of the molecule is O=S(=O)(NCC[C@@H]1CCCO1)c1ccc(C(F)(F)F)cc1. The summed E-state index contributed by atoms with van der Waals surface area (Å²) in [6, 6.07) is 3.43. The van der Waals surface area contributed by atoms with E-state index in [1.807, 2.05) is 0 Å². The van der Waals surface area contributed by atoms with E-state index in [-0.39, 0.29) is 17.5 Å². The molecule has 8 heteroatoms. The lowest BCUT2D eigenvalue weighted by Crippen LogP contribution is -2.27. The average Bonchev–Trinajstić information content (AvgIpc) is 2.91. The molecule has 0 radical (unpaired) electrons. The van der Waals surface area contributed by atoms with Gasteiger partial charge in [0, 0.05) is 13.2 Å². The highest BCUT2D eigenvalue weighted by Crippen LogP contribution is 2.29. The number of alkyl halides is 3. The number of benzene rings is 1. The molecule has 0 saturated carbocycles. The standard InChI is InChI=1S/C13H16F3NO3S/c14-13(15,16)10-3-5-12(6-4-10)21(18,19)17-8-7-11-2-1-9-20-11/h3-6,11,17H,1-2,7-9H2/t11-/m0/s1. The van der Waals surface area contributed by atoms with Gasteiger partial charge in [0.1, 0.15) is 0 Å². The predicted molar refractivity (Wildman–Crippen MR) is 70.2 cm³/mol. The number of ether oxygens (including phenoxy) is 1. The van der Waals surface area contributed by atoms with E-state index >= 15 is 0 Å². The Morgan fingerprint density at radius 2 is 1.90 bits per heavy atom. The van der Waals surface area contributed by atoms with Gasteiger partial charge in [-0.3, -0.25) is 0 Å². The highest BCUT2D eigenvalue weighted by molar-refractivity contribution is 7.89. The lowest BCUT2D eigenvalue weighted by molar-refractivity contribution is -0.137. The van der Waals surface area contributed by atoms with E-state index in [0.29, 0.717) is 13.0 Å². The summed E-state index contributed by atoms with van der Waals surface area (Å²) in [5.74, 6) is 0. The largest absolute Gasteiger partial charge is 0.416 e. The molecule has 1 heterocycles. The van der Waals surface area contributed by atoms with Crippen molar-refractivity contribution in [1.82, 2.24) is 4.72 Å². The Bertz CT molecular complexity index is 563. The van der Waals surface area contributed by atoms with E-state index in [9.17, 15) is 21.6 Å². The molecule has 1 N–H and O–H groups in total. The van der Waals surface area contributed by atoms with Crippen LogP contribution < -0.4 is 4.72 Å². The summed E-state index contributed by atoms with van der Waals surface area (Å²) in [7, 11) is -3.79. The van der Waals surface area contributed by atoms with Gasteiger partial charge in [-0.25, -0.2) is 13.1 Å². The van der Waals surface area contributed by atoms with Crippen LogP contribution in [0.3, 0.4) is 0 Å². The van der Waals surface area contributed by atoms with Crippen molar-refractivity contribution in [3.63, 3.8) is 0 Å². The molecule has 0 bridgehead atoms. The fourth-order valence-electron chi connectivity index (χ4n) is 2.13. The molecule has 0 spiro atoms. The van der Waals surface area contributed by atoms with Gasteiger partial charge in [0.25, 0.3) is 0 Å². The lowest BCUT2D eigenvalue weighted by Gasteiger charge is -2.11. The smallest absolute Gasteiger partial charge is 0.378 e. The van der Waals surface area contributed by atoms with Crippen LogP contribution in [-0.2, 0) is 20.9 Å². The van der Waals surface area contributed by atoms with Gasteiger partial charge in [-0.1, -0.05) is 0 Å². The first-order chi connectivity index (χ1) is 9.79. The van der Waals surface area contributed by atoms with E-state index < -0.39 is 21.8 Å². The van der Waals surface area contributed by atoms with Crippen LogP contribution in [0, 0.1) is 0 Å². The van der Waals surface area contributed by atoms with Crippen molar-refractivity contribution in [2.24, 2.45) is 0 Å². The molecule has 4 nitrogen and oxygen atoms in total. The quantitative estimate of drug-likeness (QED) is 0.906. The Morgan fingerprint density at radius 1 is 1.24 bits per heavy atom. The second-order valence-corrected chi connectivity index (χ2v) is 6.61. The normalized spacial score (nSPS) is 19.9. The van der Waals surface area contributed by atoms with Crippen molar-refractivity contribution in [3.8, 4) is 0 Å². The molecular formula is C13H16F3NO3S. The van der Waals surface area contributed by atoms with Crippen LogP contribution in [0.2, 0.25) is 0 Å². The molecule has 1 aromatic carbocycles. The van der Waals surface area contributed by atoms with Crippen molar-refractivity contribution in [2.45, 2.75) is 36.4 Å². The lowest BCUT2D eigenvalue weighted by atomic mass is 10.2. The summed E-state index contributed by atoms with van der Waals surface area (Å²) < 4.78 is 68.8. The molecule has 0 unspecified atom stereocenters. The molecule has 2 rings (SSSR count). The van der Waals surface area contributed by atoms with Gasteiger partial charge in [0.05, 0.1) is 16.6 Å². The van der Waals surface area contributed by atoms with Gasteiger partial charge in [-0.2, -0.15) is 13.2 Å². The van der Waals surface area contributed by atoms with Crippen LogP contribution in [0.1, 0.15) is 24.8 Å². The molecule has 0 aliphatic carbocycles. The zero-order chi connectivity index (χ0) is 15.5. The molecule has 1 atom stereocenters. The van der Waals surface area contributed by atoms with Crippen LogP contribution in [0.5, 0.6) is 0 Å².